The summed E-state index contributed by atoms with van der Waals surface area (Å²) in [6, 6.07) is 21.5. The predicted molar refractivity (Wildman–Crippen MR) is 150 cm³/mol. The van der Waals surface area contributed by atoms with Gasteiger partial charge in [-0.2, -0.15) is 5.10 Å². The summed E-state index contributed by atoms with van der Waals surface area (Å²) >= 11 is 11.2. The van der Waals surface area contributed by atoms with E-state index in [1.165, 1.54) is 0 Å². The van der Waals surface area contributed by atoms with Crippen LogP contribution in [0.2, 0.25) is 5.02 Å². The summed E-state index contributed by atoms with van der Waals surface area (Å²) in [5.41, 5.74) is 3.93. The Morgan fingerprint density at radius 3 is 2.41 bits per heavy atom. The summed E-state index contributed by atoms with van der Waals surface area (Å²) in [4.78, 5) is 23.9. The van der Waals surface area contributed by atoms with Gasteiger partial charge in [0.15, 0.2) is 0 Å². The Kier molecular flexibility index (Phi) is 8.46. The molecule has 0 bridgehead atoms. The van der Waals surface area contributed by atoms with Gasteiger partial charge >= 0.3 is 0 Å². The topological polar surface area (TPSA) is 103 Å². The van der Waals surface area contributed by atoms with Crippen molar-refractivity contribution >= 4 is 45.1 Å². The van der Waals surface area contributed by atoms with Crippen molar-refractivity contribution in [2.75, 3.05) is 13.2 Å². The SMILES string of the molecule is O=C(Cl)c1ccccc1.O=C(c1ccc(Cl)cc1)c1c(-c2ccc3[nH]ncc3c2)nnn1CC1CCOCC1. The van der Waals surface area contributed by atoms with Crippen LogP contribution in [0.5, 0.6) is 0 Å². The Morgan fingerprint density at radius 2 is 1.72 bits per heavy atom. The largest absolute Gasteiger partial charge is 0.381 e. The lowest BCUT2D eigenvalue weighted by Gasteiger charge is -2.22. The maximum absolute atomic E-state index is 13.5. The normalized spacial score (nSPS) is 13.6. The summed E-state index contributed by atoms with van der Waals surface area (Å²) in [6.07, 6.45) is 3.65. The first-order valence-corrected chi connectivity index (χ1v) is 13.2. The van der Waals surface area contributed by atoms with Crippen LogP contribution in [0.25, 0.3) is 22.2 Å². The number of carbonyl (C=O) groups is 2. The van der Waals surface area contributed by atoms with Crippen LogP contribution in [0.3, 0.4) is 0 Å². The molecule has 39 heavy (non-hydrogen) atoms. The van der Waals surface area contributed by atoms with Gasteiger partial charge in [-0.15, -0.1) is 5.10 Å². The molecule has 0 unspecified atom stereocenters. The maximum Gasteiger partial charge on any atom is 0.252 e. The van der Waals surface area contributed by atoms with Gasteiger partial charge in [-0.25, -0.2) is 4.68 Å². The van der Waals surface area contributed by atoms with E-state index in [9.17, 15) is 9.59 Å². The van der Waals surface area contributed by atoms with Gasteiger partial charge in [0.05, 0.1) is 11.7 Å². The van der Waals surface area contributed by atoms with E-state index in [2.05, 4.69) is 20.5 Å². The zero-order valence-electron chi connectivity index (χ0n) is 20.9. The number of aromatic amines is 1. The molecule has 0 radical (unpaired) electrons. The number of H-pyrrole nitrogens is 1. The molecule has 1 aliphatic rings. The first kappa shape index (κ1) is 26.7. The second-order valence-electron chi connectivity index (χ2n) is 9.17. The standard InChI is InChI=1S/C22H20ClN5O2.C7H5ClO/c23-18-4-1-15(2-5-18)22(29)21-20(16-3-6-19-17(11-16)12-24-25-19)26-27-28(21)13-14-7-9-30-10-8-14;8-7(9)6-4-2-1-3-5-6/h1-6,11-12,14H,7-10,13H2,(H,24,25);1-5H. The molecule has 1 fully saturated rings. The molecule has 3 heterocycles. The van der Waals surface area contributed by atoms with Gasteiger partial charge in [-0.3, -0.25) is 14.7 Å². The van der Waals surface area contributed by atoms with E-state index in [0.717, 1.165) is 42.5 Å². The monoisotopic (exact) mass is 561 g/mol. The van der Waals surface area contributed by atoms with Crippen molar-refractivity contribution < 1.29 is 14.3 Å². The first-order chi connectivity index (χ1) is 19.0. The molecule has 5 aromatic rings. The minimum Gasteiger partial charge on any atom is -0.381 e. The summed E-state index contributed by atoms with van der Waals surface area (Å²) < 4.78 is 7.22. The highest BCUT2D eigenvalue weighted by Gasteiger charge is 2.25. The highest BCUT2D eigenvalue weighted by atomic mass is 35.5. The number of aromatic nitrogens is 5. The van der Waals surface area contributed by atoms with Crippen molar-refractivity contribution in [3.8, 4) is 11.3 Å². The van der Waals surface area contributed by atoms with Gasteiger partial charge in [0, 0.05) is 46.9 Å². The highest BCUT2D eigenvalue weighted by Crippen LogP contribution is 2.28. The summed E-state index contributed by atoms with van der Waals surface area (Å²) in [5, 5.41) is 16.9. The van der Waals surface area contributed by atoms with Crippen molar-refractivity contribution in [1.29, 1.82) is 0 Å². The average molecular weight is 562 g/mol. The Morgan fingerprint density at radius 1 is 0.974 bits per heavy atom. The van der Waals surface area contributed by atoms with Crippen LogP contribution >= 0.6 is 23.2 Å². The fourth-order valence-corrected chi connectivity index (χ4v) is 4.68. The number of benzene rings is 3. The number of nitrogens with zero attached hydrogens (tertiary/aromatic N) is 4. The fourth-order valence-electron chi connectivity index (χ4n) is 4.43. The molecule has 0 spiro atoms. The molecular formula is C29H25Cl2N5O3. The van der Waals surface area contributed by atoms with E-state index >= 15 is 0 Å². The Balaban J connectivity index is 0.000000292. The zero-order valence-corrected chi connectivity index (χ0v) is 22.4. The molecule has 0 atom stereocenters. The first-order valence-electron chi connectivity index (χ1n) is 12.5. The van der Waals surface area contributed by atoms with Gasteiger partial charge in [0.2, 0.25) is 5.78 Å². The summed E-state index contributed by atoms with van der Waals surface area (Å²) in [7, 11) is 0. The Labute approximate surface area is 234 Å². The number of fused-ring (bicyclic) bond motifs is 1. The Hall–Kier alpha value is -3.85. The van der Waals surface area contributed by atoms with Crippen molar-refractivity contribution in [2.45, 2.75) is 19.4 Å². The van der Waals surface area contributed by atoms with E-state index in [4.69, 9.17) is 27.9 Å². The molecule has 0 saturated carbocycles. The predicted octanol–water partition coefficient (Wildman–Crippen LogP) is 6.20. The number of rotatable bonds is 6. The molecule has 8 nitrogen and oxygen atoms in total. The number of hydrogen-bond donors (Lipinski definition) is 1. The molecule has 10 heteroatoms. The average Bonchev–Trinajstić information content (AvgIpc) is 3.61. The fraction of sp³-hybridized carbons (Fsp3) is 0.207. The number of hydrogen-bond acceptors (Lipinski definition) is 6. The molecule has 0 amide bonds. The van der Waals surface area contributed by atoms with E-state index in [0.29, 0.717) is 40.0 Å². The minimum atomic E-state index is -0.407. The summed E-state index contributed by atoms with van der Waals surface area (Å²) in [5.74, 6) is 0.285. The molecule has 0 aliphatic carbocycles. The second-order valence-corrected chi connectivity index (χ2v) is 9.95. The molecule has 1 N–H and O–H groups in total. The van der Waals surface area contributed by atoms with Crippen LogP contribution in [-0.2, 0) is 11.3 Å². The number of ketones is 1. The van der Waals surface area contributed by atoms with Crippen LogP contribution in [0.4, 0.5) is 0 Å². The molecule has 3 aromatic carbocycles. The van der Waals surface area contributed by atoms with Gasteiger partial charge in [-0.1, -0.05) is 53.2 Å². The van der Waals surface area contributed by atoms with Crippen molar-refractivity contribution in [2.24, 2.45) is 5.92 Å². The lowest BCUT2D eigenvalue weighted by atomic mass is 9.99. The van der Waals surface area contributed by atoms with E-state index in [1.54, 1.807) is 59.4 Å². The molecule has 1 saturated heterocycles. The number of ether oxygens (including phenoxy) is 1. The van der Waals surface area contributed by atoms with Crippen molar-refractivity contribution in [3.05, 3.63) is 101 Å². The van der Waals surface area contributed by atoms with E-state index < -0.39 is 5.24 Å². The van der Waals surface area contributed by atoms with Crippen molar-refractivity contribution in [3.63, 3.8) is 0 Å². The molecule has 1 aliphatic heterocycles. The van der Waals surface area contributed by atoms with Gasteiger partial charge in [0.1, 0.15) is 11.4 Å². The lowest BCUT2D eigenvalue weighted by Crippen LogP contribution is -2.23. The quantitative estimate of drug-likeness (QED) is 0.195. The third-order valence-electron chi connectivity index (χ3n) is 6.54. The number of nitrogens with one attached hydrogen (secondary N) is 1. The highest BCUT2D eigenvalue weighted by molar-refractivity contribution is 6.67. The van der Waals surface area contributed by atoms with Crippen LogP contribution in [0, 0.1) is 5.92 Å². The van der Waals surface area contributed by atoms with Crippen LogP contribution in [0.1, 0.15) is 39.3 Å². The smallest absolute Gasteiger partial charge is 0.252 e. The third-order valence-corrected chi connectivity index (χ3v) is 7.01. The molecule has 2 aromatic heterocycles. The second kappa shape index (κ2) is 12.3. The van der Waals surface area contributed by atoms with Crippen molar-refractivity contribution in [1.82, 2.24) is 25.2 Å². The summed E-state index contributed by atoms with van der Waals surface area (Å²) in [6.45, 7) is 2.12. The van der Waals surface area contributed by atoms with Crippen LogP contribution < -0.4 is 0 Å². The maximum atomic E-state index is 13.5. The van der Waals surface area contributed by atoms with Gasteiger partial charge < -0.3 is 4.74 Å². The molecular weight excluding hydrogens is 537 g/mol. The van der Waals surface area contributed by atoms with E-state index in [1.807, 2.05) is 24.3 Å². The van der Waals surface area contributed by atoms with Gasteiger partial charge in [-0.05, 0) is 66.8 Å². The zero-order chi connectivity index (χ0) is 27.2. The number of carbonyl (C=O) groups excluding carboxylic acids is 2. The van der Waals surface area contributed by atoms with Gasteiger partial charge in [0.25, 0.3) is 5.24 Å². The Bertz CT molecular complexity index is 1580. The third kappa shape index (κ3) is 6.42. The minimum absolute atomic E-state index is 0.119. The molecule has 6 rings (SSSR count). The lowest BCUT2D eigenvalue weighted by molar-refractivity contribution is 0.0596. The van der Waals surface area contributed by atoms with Crippen LogP contribution in [0.15, 0.2) is 79.0 Å². The molecule has 198 valence electrons. The van der Waals surface area contributed by atoms with E-state index in [-0.39, 0.29) is 5.78 Å². The van der Waals surface area contributed by atoms with Crippen LogP contribution in [-0.4, -0.2) is 49.4 Å². The number of halogens is 2.